The smallest absolute Gasteiger partial charge is 0.335 e. The normalized spacial score (nSPS) is 10.8. The Hall–Kier alpha value is -1.79. The van der Waals surface area contributed by atoms with E-state index in [-0.39, 0.29) is 5.57 Å². The Morgan fingerprint density at radius 3 is 1.94 bits per heavy atom. The van der Waals surface area contributed by atoms with Crippen molar-refractivity contribution in [3.05, 3.63) is 24.8 Å². The Balaban J connectivity index is 0. The SMILES string of the molecule is C=C(C)C(=O)OC(F)C(F)F.C=CC(N)=O. The number of nitrogens with two attached hydrogens (primary N) is 1. The number of carbonyl (C=O) groups excluding carboxylic acids is 2. The topological polar surface area (TPSA) is 69.4 Å². The van der Waals surface area contributed by atoms with Crippen LogP contribution in [0, 0.1) is 0 Å². The molecule has 0 aliphatic rings. The highest BCUT2D eigenvalue weighted by atomic mass is 19.3. The van der Waals surface area contributed by atoms with Crippen LogP contribution in [0.15, 0.2) is 24.8 Å². The van der Waals surface area contributed by atoms with Crippen LogP contribution in [0.2, 0.25) is 0 Å². The standard InChI is InChI=1S/C6H7F3O2.C3H5NO/c1-3(2)6(10)11-5(9)4(7)8;1-2-3(4)5/h4-5H,1H2,2H3;2H,1H2,(H2,4,5). The fourth-order valence-electron chi connectivity index (χ4n) is 0.254. The number of halogens is 3. The number of hydrogen-bond donors (Lipinski definition) is 1. The molecule has 0 aromatic rings. The molecule has 0 radical (unpaired) electrons. The average molecular weight is 239 g/mol. The van der Waals surface area contributed by atoms with Gasteiger partial charge in [0, 0.05) is 5.57 Å². The number of alkyl halides is 3. The van der Waals surface area contributed by atoms with Crippen molar-refractivity contribution in [2.75, 3.05) is 0 Å². The van der Waals surface area contributed by atoms with E-state index in [4.69, 9.17) is 0 Å². The number of ether oxygens (including phenoxy) is 1. The molecule has 1 amide bonds. The molecule has 1 unspecified atom stereocenters. The second kappa shape index (κ2) is 8.51. The highest BCUT2D eigenvalue weighted by Crippen LogP contribution is 2.08. The molecule has 0 saturated heterocycles. The zero-order chi connectivity index (χ0) is 13.3. The summed E-state index contributed by atoms with van der Waals surface area (Å²) in [4.78, 5) is 19.8. The maximum absolute atomic E-state index is 11.9. The molecule has 1 atom stereocenters. The van der Waals surface area contributed by atoms with Crippen molar-refractivity contribution in [2.45, 2.75) is 19.7 Å². The van der Waals surface area contributed by atoms with Crippen molar-refractivity contribution < 1.29 is 27.5 Å². The lowest BCUT2D eigenvalue weighted by Crippen LogP contribution is -2.20. The van der Waals surface area contributed by atoms with Gasteiger partial charge in [-0.25, -0.2) is 13.6 Å². The first-order valence-corrected chi connectivity index (χ1v) is 3.93. The van der Waals surface area contributed by atoms with E-state index in [0.29, 0.717) is 0 Å². The molecule has 0 spiro atoms. The third-order valence-electron chi connectivity index (χ3n) is 0.967. The van der Waals surface area contributed by atoms with Crippen LogP contribution in [-0.2, 0) is 14.3 Å². The number of rotatable bonds is 4. The van der Waals surface area contributed by atoms with Crippen molar-refractivity contribution in [3.8, 4) is 0 Å². The van der Waals surface area contributed by atoms with E-state index in [1.54, 1.807) is 0 Å². The van der Waals surface area contributed by atoms with E-state index in [1.165, 1.54) is 6.92 Å². The van der Waals surface area contributed by atoms with Gasteiger partial charge in [0.15, 0.2) is 0 Å². The van der Waals surface area contributed by atoms with Crippen molar-refractivity contribution in [3.63, 3.8) is 0 Å². The fourth-order valence-corrected chi connectivity index (χ4v) is 0.254. The molecule has 92 valence electrons. The maximum atomic E-state index is 11.9. The van der Waals surface area contributed by atoms with Crippen LogP contribution in [0.25, 0.3) is 0 Å². The molecule has 2 N–H and O–H groups in total. The van der Waals surface area contributed by atoms with Gasteiger partial charge in [-0.15, -0.1) is 0 Å². The summed E-state index contributed by atoms with van der Waals surface area (Å²) in [5, 5.41) is 0. The Labute approximate surface area is 90.6 Å². The number of hydrogen-bond acceptors (Lipinski definition) is 3. The average Bonchev–Trinajstić information content (AvgIpc) is 2.18. The largest absolute Gasteiger partial charge is 0.421 e. The molecular formula is C9H12F3NO3. The fraction of sp³-hybridized carbons (Fsp3) is 0.333. The van der Waals surface area contributed by atoms with Gasteiger partial charge in [-0.1, -0.05) is 13.2 Å². The quantitative estimate of drug-likeness (QED) is 0.594. The van der Waals surface area contributed by atoms with Gasteiger partial charge in [0.25, 0.3) is 0 Å². The minimum atomic E-state index is -3.31. The molecule has 0 aromatic carbocycles. The van der Waals surface area contributed by atoms with Crippen LogP contribution in [0.3, 0.4) is 0 Å². The summed E-state index contributed by atoms with van der Waals surface area (Å²) in [5.74, 6) is -1.64. The number of carbonyl (C=O) groups is 2. The van der Waals surface area contributed by atoms with Gasteiger partial charge in [0.2, 0.25) is 5.91 Å². The monoisotopic (exact) mass is 239 g/mol. The molecule has 0 fully saturated rings. The van der Waals surface area contributed by atoms with Crippen molar-refractivity contribution in [1.29, 1.82) is 0 Å². The summed E-state index contributed by atoms with van der Waals surface area (Å²) in [5.41, 5.74) is 4.42. The number of amides is 1. The molecule has 0 aliphatic heterocycles. The molecule has 0 aliphatic carbocycles. The summed E-state index contributed by atoms with van der Waals surface area (Å²) in [6.45, 7) is 7.40. The molecular weight excluding hydrogens is 227 g/mol. The van der Waals surface area contributed by atoms with E-state index in [0.717, 1.165) is 6.08 Å². The zero-order valence-electron chi connectivity index (χ0n) is 8.58. The van der Waals surface area contributed by atoms with E-state index < -0.39 is 24.7 Å². The van der Waals surface area contributed by atoms with Gasteiger partial charge in [0.05, 0.1) is 0 Å². The molecule has 0 bridgehead atoms. The minimum Gasteiger partial charge on any atom is -0.421 e. The summed E-state index contributed by atoms with van der Waals surface area (Å²) < 4.78 is 38.3. The third-order valence-corrected chi connectivity index (χ3v) is 0.967. The van der Waals surface area contributed by atoms with E-state index >= 15 is 0 Å². The predicted octanol–water partition coefficient (Wildman–Crippen LogP) is 1.32. The van der Waals surface area contributed by atoms with Gasteiger partial charge in [-0.2, -0.15) is 4.39 Å². The molecule has 7 heteroatoms. The Morgan fingerprint density at radius 1 is 1.38 bits per heavy atom. The minimum absolute atomic E-state index is 0.117. The summed E-state index contributed by atoms with van der Waals surface area (Å²) in [6.07, 6.45) is -5.11. The molecule has 0 heterocycles. The highest BCUT2D eigenvalue weighted by molar-refractivity contribution is 5.87. The van der Waals surface area contributed by atoms with Gasteiger partial charge in [-0.05, 0) is 13.0 Å². The van der Waals surface area contributed by atoms with E-state index in [2.05, 4.69) is 23.6 Å². The third kappa shape index (κ3) is 10.3. The summed E-state index contributed by atoms with van der Waals surface area (Å²) in [6, 6.07) is 0. The van der Waals surface area contributed by atoms with E-state index in [9.17, 15) is 22.8 Å². The zero-order valence-corrected chi connectivity index (χ0v) is 8.58. The van der Waals surface area contributed by atoms with Crippen LogP contribution < -0.4 is 5.73 Å². The summed E-state index contributed by atoms with van der Waals surface area (Å²) >= 11 is 0. The van der Waals surface area contributed by atoms with Crippen molar-refractivity contribution in [1.82, 2.24) is 0 Å². The molecule has 0 aromatic heterocycles. The second-order valence-corrected chi connectivity index (χ2v) is 2.48. The highest BCUT2D eigenvalue weighted by Gasteiger charge is 2.23. The molecule has 4 nitrogen and oxygen atoms in total. The lowest BCUT2D eigenvalue weighted by Gasteiger charge is -2.07. The van der Waals surface area contributed by atoms with Crippen LogP contribution in [0.4, 0.5) is 13.2 Å². The van der Waals surface area contributed by atoms with Crippen molar-refractivity contribution in [2.24, 2.45) is 5.73 Å². The van der Waals surface area contributed by atoms with Gasteiger partial charge in [-0.3, -0.25) is 4.79 Å². The Morgan fingerprint density at radius 2 is 1.75 bits per heavy atom. The second-order valence-electron chi connectivity index (χ2n) is 2.48. The predicted molar refractivity (Wildman–Crippen MR) is 51.2 cm³/mol. The Bertz CT molecular complexity index is 279. The summed E-state index contributed by atoms with van der Waals surface area (Å²) in [7, 11) is 0. The molecule has 16 heavy (non-hydrogen) atoms. The van der Waals surface area contributed by atoms with E-state index in [1.807, 2.05) is 0 Å². The van der Waals surface area contributed by atoms with Crippen LogP contribution >= 0.6 is 0 Å². The lowest BCUT2D eigenvalue weighted by atomic mass is 10.4. The van der Waals surface area contributed by atoms with Crippen LogP contribution in [-0.4, -0.2) is 24.7 Å². The van der Waals surface area contributed by atoms with Crippen molar-refractivity contribution >= 4 is 11.9 Å². The van der Waals surface area contributed by atoms with Gasteiger partial charge >= 0.3 is 18.8 Å². The number of primary amides is 1. The number of esters is 1. The first-order chi connectivity index (χ1) is 7.22. The van der Waals surface area contributed by atoms with Gasteiger partial charge in [0.1, 0.15) is 0 Å². The molecule has 0 rings (SSSR count). The molecule has 0 saturated carbocycles. The Kier molecular flexibility index (Phi) is 8.85. The van der Waals surface area contributed by atoms with Crippen LogP contribution in [0.1, 0.15) is 6.92 Å². The lowest BCUT2D eigenvalue weighted by molar-refractivity contribution is -0.169. The van der Waals surface area contributed by atoms with Gasteiger partial charge < -0.3 is 10.5 Å². The first kappa shape index (κ1) is 16.6. The first-order valence-electron chi connectivity index (χ1n) is 3.93. The van der Waals surface area contributed by atoms with Crippen LogP contribution in [0.5, 0.6) is 0 Å². The maximum Gasteiger partial charge on any atom is 0.335 e.